The largest absolute Gasteiger partial charge is 0.508 e. The smallest absolute Gasteiger partial charge is 0.250 e. The maximum Gasteiger partial charge on any atom is 0.250 e. The Morgan fingerprint density at radius 1 is 1.00 bits per heavy atom. The number of carbonyl (C=O) groups excluding carboxylic acids is 3. The highest BCUT2D eigenvalue weighted by molar-refractivity contribution is 6.32. The lowest BCUT2D eigenvalue weighted by molar-refractivity contribution is -0.143. The van der Waals surface area contributed by atoms with Gasteiger partial charge in [0.2, 0.25) is 24.5 Å². The first-order valence-corrected chi connectivity index (χ1v) is 13.1. The van der Waals surface area contributed by atoms with Crippen LogP contribution in [0.25, 0.3) is 0 Å². The predicted molar refractivity (Wildman–Crippen MR) is 140 cm³/mol. The Balaban J connectivity index is 1.31. The molecule has 1 spiro atoms. The summed E-state index contributed by atoms with van der Waals surface area (Å²) in [6.07, 6.45) is 0.384. The van der Waals surface area contributed by atoms with Gasteiger partial charge in [-0.3, -0.25) is 24.6 Å². The molecular formula is C29H24ClN3O6. The average molecular weight is 546 g/mol. The molecule has 4 aliphatic heterocycles. The molecule has 7 rings (SSSR count). The van der Waals surface area contributed by atoms with E-state index in [1.807, 2.05) is 6.92 Å². The van der Waals surface area contributed by atoms with Crippen LogP contribution in [0.5, 0.6) is 17.2 Å². The van der Waals surface area contributed by atoms with E-state index in [0.717, 1.165) is 11.1 Å². The average Bonchev–Trinajstić information content (AvgIpc) is 3.65. The molecule has 3 aromatic rings. The molecule has 10 heteroatoms. The summed E-state index contributed by atoms with van der Waals surface area (Å²) in [4.78, 5) is 43.1. The highest BCUT2D eigenvalue weighted by Crippen LogP contribution is 2.54. The molecule has 4 atom stereocenters. The van der Waals surface area contributed by atoms with Crippen molar-refractivity contribution in [2.75, 3.05) is 12.1 Å². The van der Waals surface area contributed by atoms with Gasteiger partial charge in [-0.25, -0.2) is 0 Å². The van der Waals surface area contributed by atoms with Gasteiger partial charge >= 0.3 is 0 Å². The monoisotopic (exact) mass is 545 g/mol. The van der Waals surface area contributed by atoms with Crippen molar-refractivity contribution in [3.05, 3.63) is 81.9 Å². The molecule has 0 aliphatic carbocycles. The number of phenolic OH excluding ortho intramolecular Hbond substituents is 1. The van der Waals surface area contributed by atoms with Crippen LogP contribution >= 0.6 is 11.6 Å². The molecule has 9 nitrogen and oxygen atoms in total. The van der Waals surface area contributed by atoms with E-state index in [0.29, 0.717) is 39.8 Å². The zero-order chi connectivity index (χ0) is 27.1. The zero-order valence-corrected chi connectivity index (χ0v) is 21.6. The fourth-order valence-electron chi connectivity index (χ4n) is 6.49. The number of carbonyl (C=O) groups is 3. The Morgan fingerprint density at radius 2 is 1.74 bits per heavy atom. The van der Waals surface area contributed by atoms with E-state index in [-0.39, 0.29) is 30.9 Å². The molecule has 198 valence electrons. The SMILES string of the molecule is Cc1c(Cl)ccc2c1NC(=O)[C@@]21N[C@H](Cc2ccc(O)cc2)[C@H]2C(=O)N(Cc3ccc4c(c3)OCO4)C(=O)[C@@H]21. The van der Waals surface area contributed by atoms with Crippen LogP contribution in [-0.2, 0) is 32.9 Å². The number of amides is 3. The first kappa shape index (κ1) is 24.0. The van der Waals surface area contributed by atoms with Gasteiger partial charge in [-0.2, -0.15) is 0 Å². The number of likely N-dealkylation sites (tertiary alicyclic amines) is 1. The third-order valence-corrected chi connectivity index (χ3v) is 8.75. The lowest BCUT2D eigenvalue weighted by Crippen LogP contribution is -2.53. The summed E-state index contributed by atoms with van der Waals surface area (Å²) in [5.41, 5.74) is 2.04. The van der Waals surface area contributed by atoms with E-state index in [1.165, 1.54) is 4.90 Å². The van der Waals surface area contributed by atoms with Gasteiger partial charge in [-0.15, -0.1) is 0 Å². The van der Waals surface area contributed by atoms with E-state index in [2.05, 4.69) is 10.6 Å². The molecule has 0 radical (unpaired) electrons. The maximum atomic E-state index is 14.1. The van der Waals surface area contributed by atoms with Crippen LogP contribution in [0.3, 0.4) is 0 Å². The van der Waals surface area contributed by atoms with E-state index < -0.39 is 29.3 Å². The number of hydrogen-bond donors (Lipinski definition) is 3. The third-order valence-electron chi connectivity index (χ3n) is 8.35. The number of imide groups is 1. The number of phenols is 1. The summed E-state index contributed by atoms with van der Waals surface area (Å²) in [5.74, 6) is -1.52. The van der Waals surface area contributed by atoms with Gasteiger partial charge in [-0.05, 0) is 60.4 Å². The van der Waals surface area contributed by atoms with E-state index in [1.54, 1.807) is 54.6 Å². The van der Waals surface area contributed by atoms with Crippen molar-refractivity contribution in [1.82, 2.24) is 10.2 Å². The Labute approximate surface area is 228 Å². The topological polar surface area (TPSA) is 117 Å². The predicted octanol–water partition coefficient (Wildman–Crippen LogP) is 3.25. The number of aromatic hydroxyl groups is 1. The van der Waals surface area contributed by atoms with Gasteiger partial charge in [0.15, 0.2) is 11.5 Å². The summed E-state index contributed by atoms with van der Waals surface area (Å²) in [7, 11) is 0. The molecule has 3 aromatic carbocycles. The Hall–Kier alpha value is -4.08. The summed E-state index contributed by atoms with van der Waals surface area (Å²) >= 11 is 6.36. The molecule has 0 bridgehead atoms. The van der Waals surface area contributed by atoms with Crippen LogP contribution in [0.15, 0.2) is 54.6 Å². The summed E-state index contributed by atoms with van der Waals surface area (Å²) in [5, 5.41) is 16.6. The van der Waals surface area contributed by atoms with Crippen molar-refractivity contribution >= 4 is 35.0 Å². The fraction of sp³-hybridized carbons (Fsp3) is 0.276. The molecule has 39 heavy (non-hydrogen) atoms. The lowest BCUT2D eigenvalue weighted by atomic mass is 9.76. The van der Waals surface area contributed by atoms with Crippen LogP contribution in [-0.4, -0.2) is 40.6 Å². The maximum absolute atomic E-state index is 14.1. The van der Waals surface area contributed by atoms with Crippen LogP contribution in [0.2, 0.25) is 5.02 Å². The second kappa shape index (κ2) is 8.46. The van der Waals surface area contributed by atoms with E-state index >= 15 is 0 Å². The fourth-order valence-corrected chi connectivity index (χ4v) is 6.65. The molecule has 2 saturated heterocycles. The lowest BCUT2D eigenvalue weighted by Gasteiger charge is -2.29. The van der Waals surface area contributed by atoms with Gasteiger partial charge in [0, 0.05) is 16.6 Å². The van der Waals surface area contributed by atoms with Crippen LogP contribution < -0.4 is 20.1 Å². The zero-order valence-electron chi connectivity index (χ0n) is 20.9. The highest BCUT2D eigenvalue weighted by atomic mass is 35.5. The van der Waals surface area contributed by atoms with Gasteiger partial charge < -0.3 is 19.9 Å². The van der Waals surface area contributed by atoms with Crippen LogP contribution in [0.4, 0.5) is 5.69 Å². The molecule has 4 heterocycles. The minimum Gasteiger partial charge on any atom is -0.508 e. The standard InChI is InChI=1S/C29H24ClN3O6/c1-14-19(30)8-7-18-25(14)31-28(37)29(18)24-23(20(32-29)10-15-2-5-17(34)6-3-15)26(35)33(27(24)36)12-16-4-9-21-22(11-16)39-13-38-21/h2-9,11,20,23-24,32,34H,10,12-13H2,1H3,(H,31,37)/t20-,23-,24-,29-/m1/s1. The number of nitrogens with one attached hydrogen (secondary N) is 2. The number of fused-ring (bicyclic) bond motifs is 5. The van der Waals surface area contributed by atoms with Crippen molar-refractivity contribution in [3.63, 3.8) is 0 Å². The summed E-state index contributed by atoms with van der Waals surface area (Å²) < 4.78 is 10.9. The Bertz CT molecular complexity index is 1570. The number of anilines is 1. The molecule has 0 saturated carbocycles. The first-order chi connectivity index (χ1) is 18.8. The molecule has 0 aromatic heterocycles. The normalized spacial score (nSPS) is 26.4. The molecule has 3 N–H and O–H groups in total. The molecule has 0 unspecified atom stereocenters. The van der Waals surface area contributed by atoms with Crippen LogP contribution in [0.1, 0.15) is 22.3 Å². The second-order valence-corrected chi connectivity index (χ2v) is 10.8. The van der Waals surface area contributed by atoms with Crippen molar-refractivity contribution in [1.29, 1.82) is 0 Å². The minimum absolute atomic E-state index is 0.0530. The van der Waals surface area contributed by atoms with Crippen molar-refractivity contribution < 1.29 is 29.0 Å². The number of halogens is 1. The van der Waals surface area contributed by atoms with Crippen molar-refractivity contribution in [3.8, 4) is 17.2 Å². The Morgan fingerprint density at radius 3 is 2.54 bits per heavy atom. The first-order valence-electron chi connectivity index (χ1n) is 12.7. The van der Waals surface area contributed by atoms with Gasteiger partial charge in [0.1, 0.15) is 11.3 Å². The number of nitrogens with zero attached hydrogens (tertiary/aromatic N) is 1. The molecular weight excluding hydrogens is 522 g/mol. The summed E-state index contributed by atoms with van der Waals surface area (Å²) in [6, 6.07) is 15.0. The minimum atomic E-state index is -1.42. The summed E-state index contributed by atoms with van der Waals surface area (Å²) in [6.45, 7) is 1.99. The van der Waals surface area contributed by atoms with Gasteiger partial charge in [0.25, 0.3) is 0 Å². The Kier molecular flexibility index (Phi) is 5.20. The van der Waals surface area contributed by atoms with Crippen molar-refractivity contribution in [2.24, 2.45) is 11.8 Å². The second-order valence-electron chi connectivity index (χ2n) is 10.4. The highest BCUT2D eigenvalue weighted by Gasteiger charge is 2.70. The van der Waals surface area contributed by atoms with Gasteiger partial charge in [0.05, 0.1) is 24.1 Å². The quantitative estimate of drug-likeness (QED) is 0.431. The van der Waals surface area contributed by atoms with Crippen LogP contribution in [0, 0.1) is 18.8 Å². The van der Waals surface area contributed by atoms with Gasteiger partial charge in [-0.1, -0.05) is 35.9 Å². The molecule has 3 amide bonds. The molecule has 4 aliphatic rings. The number of rotatable bonds is 4. The van der Waals surface area contributed by atoms with Crippen molar-refractivity contribution in [2.45, 2.75) is 31.5 Å². The van der Waals surface area contributed by atoms with E-state index in [9.17, 15) is 19.5 Å². The molecule has 2 fully saturated rings. The number of ether oxygens (including phenoxy) is 2. The number of benzene rings is 3. The number of hydrogen-bond acceptors (Lipinski definition) is 7. The van der Waals surface area contributed by atoms with E-state index in [4.69, 9.17) is 21.1 Å². The third kappa shape index (κ3) is 3.39.